The van der Waals surface area contributed by atoms with Gasteiger partial charge in [0.15, 0.2) is 5.17 Å². The largest absolute Gasteiger partial charge is 0.342 e. The number of anilines is 1. The van der Waals surface area contributed by atoms with Crippen molar-refractivity contribution in [3.8, 4) is 0 Å². The lowest BCUT2D eigenvalue weighted by atomic mass is 9.94. The smallest absolute Gasteiger partial charge is 0.283 e. The number of pyridine rings is 1. The van der Waals surface area contributed by atoms with Crippen molar-refractivity contribution in [1.29, 1.82) is 0 Å². The zero-order valence-corrected chi connectivity index (χ0v) is 18.4. The van der Waals surface area contributed by atoms with Crippen molar-refractivity contribution in [2.45, 2.75) is 38.1 Å². The maximum Gasteiger partial charge on any atom is 0.283 e. The van der Waals surface area contributed by atoms with E-state index >= 15 is 0 Å². The Morgan fingerprint density at radius 3 is 2.65 bits per heavy atom. The van der Waals surface area contributed by atoms with Crippen molar-refractivity contribution in [2.24, 2.45) is 4.99 Å². The Hall–Kier alpha value is -2.93. The van der Waals surface area contributed by atoms with Crippen molar-refractivity contribution in [1.82, 2.24) is 9.88 Å². The van der Waals surface area contributed by atoms with Gasteiger partial charge in [0.05, 0.1) is 11.4 Å². The normalized spacial score (nSPS) is 18.4. The van der Waals surface area contributed by atoms with Gasteiger partial charge in [-0.3, -0.25) is 19.5 Å². The summed E-state index contributed by atoms with van der Waals surface area (Å²) in [5.41, 5.74) is 1.89. The van der Waals surface area contributed by atoms with Crippen LogP contribution in [0.3, 0.4) is 0 Å². The summed E-state index contributed by atoms with van der Waals surface area (Å²) in [6.07, 6.45) is 10.9. The molecule has 1 aliphatic carbocycles. The zero-order valence-electron chi connectivity index (χ0n) is 17.6. The number of nitrogens with zero attached hydrogens (tertiary/aromatic N) is 4. The highest BCUT2D eigenvalue weighted by Gasteiger charge is 2.33. The summed E-state index contributed by atoms with van der Waals surface area (Å²) < 4.78 is 0. The van der Waals surface area contributed by atoms with E-state index in [1.165, 1.54) is 31.0 Å². The van der Waals surface area contributed by atoms with Gasteiger partial charge >= 0.3 is 0 Å². The first-order valence-electron chi connectivity index (χ1n) is 10.6. The summed E-state index contributed by atoms with van der Waals surface area (Å²) in [7, 11) is 1.89. The lowest BCUT2D eigenvalue weighted by molar-refractivity contribution is -0.129. The molecule has 4 rings (SSSR count). The maximum absolute atomic E-state index is 13.2. The highest BCUT2D eigenvalue weighted by molar-refractivity contribution is 8.14. The van der Waals surface area contributed by atoms with Gasteiger partial charge in [-0.2, -0.15) is 0 Å². The molecule has 0 spiro atoms. The number of hydrogen-bond donors (Lipinski definition) is 0. The van der Waals surface area contributed by atoms with Crippen LogP contribution in [0.15, 0.2) is 65.5 Å². The van der Waals surface area contributed by atoms with Gasteiger partial charge in [-0.15, -0.1) is 0 Å². The van der Waals surface area contributed by atoms with Crippen molar-refractivity contribution >= 4 is 40.5 Å². The second kappa shape index (κ2) is 9.92. The molecule has 1 saturated carbocycles. The summed E-state index contributed by atoms with van der Waals surface area (Å²) in [6, 6.07) is 13.4. The molecule has 0 bridgehead atoms. The molecule has 0 radical (unpaired) electrons. The summed E-state index contributed by atoms with van der Waals surface area (Å²) >= 11 is 1.31. The molecule has 0 N–H and O–H groups in total. The van der Waals surface area contributed by atoms with Gasteiger partial charge < -0.3 is 4.90 Å². The number of thioether (sulfide) groups is 1. The number of carbonyl (C=O) groups excluding carboxylic acids is 2. The quantitative estimate of drug-likeness (QED) is 0.656. The number of benzene rings is 1. The van der Waals surface area contributed by atoms with Gasteiger partial charge in [0, 0.05) is 25.5 Å². The fourth-order valence-electron chi connectivity index (χ4n) is 3.92. The molecule has 1 aromatic heterocycles. The molecule has 2 aliphatic rings. The van der Waals surface area contributed by atoms with Crippen LogP contribution in [0.2, 0.25) is 0 Å². The van der Waals surface area contributed by atoms with E-state index < -0.39 is 0 Å². The number of aromatic nitrogens is 1. The molecule has 7 heteroatoms. The molecule has 6 nitrogen and oxygen atoms in total. The third-order valence-electron chi connectivity index (χ3n) is 5.67. The first-order valence-corrected chi connectivity index (χ1v) is 11.6. The van der Waals surface area contributed by atoms with Gasteiger partial charge in [-0.25, -0.2) is 4.99 Å². The zero-order chi connectivity index (χ0) is 21.6. The number of carbonyl (C=O) groups is 2. The van der Waals surface area contributed by atoms with Gasteiger partial charge in [0.1, 0.15) is 5.70 Å². The summed E-state index contributed by atoms with van der Waals surface area (Å²) in [4.78, 5) is 38.1. The minimum Gasteiger partial charge on any atom is -0.342 e. The lowest BCUT2D eigenvalue weighted by Gasteiger charge is -2.31. The van der Waals surface area contributed by atoms with Crippen LogP contribution in [-0.2, 0) is 9.59 Å². The van der Waals surface area contributed by atoms with E-state index in [0.29, 0.717) is 16.9 Å². The van der Waals surface area contributed by atoms with Gasteiger partial charge in [-0.1, -0.05) is 55.3 Å². The van der Waals surface area contributed by atoms with Gasteiger partial charge in [0.2, 0.25) is 5.91 Å². The average Bonchev–Trinajstić information content (AvgIpc) is 3.13. The summed E-state index contributed by atoms with van der Waals surface area (Å²) in [6.45, 7) is 0. The first kappa shape index (κ1) is 21.3. The topological polar surface area (TPSA) is 65.9 Å². The molecular formula is C24H26N4O2S. The molecule has 2 heterocycles. The Labute approximate surface area is 187 Å². The second-order valence-corrected chi connectivity index (χ2v) is 8.71. The highest BCUT2D eigenvalue weighted by atomic mass is 32.2. The predicted octanol–water partition coefficient (Wildman–Crippen LogP) is 4.35. The van der Waals surface area contributed by atoms with E-state index in [2.05, 4.69) is 9.98 Å². The molecule has 0 atom stereocenters. The van der Waals surface area contributed by atoms with Gasteiger partial charge in [-0.05, 0) is 42.7 Å². The van der Waals surface area contributed by atoms with E-state index in [4.69, 9.17) is 0 Å². The Balaban J connectivity index is 1.53. The minimum atomic E-state index is -0.203. The highest BCUT2D eigenvalue weighted by Crippen LogP contribution is 2.30. The fraction of sp³-hybridized carbons (Fsp3) is 0.333. The SMILES string of the molecule is CN(C(=O)CSC1=N/C(=C/c2cccnc2)C(=O)N1c1ccccc1)C1CCCCC1. The van der Waals surface area contributed by atoms with Crippen LogP contribution in [0, 0.1) is 0 Å². The third kappa shape index (κ3) is 5.05. The van der Waals surface area contributed by atoms with Crippen LogP contribution in [0.5, 0.6) is 0 Å². The molecule has 1 fully saturated rings. The Morgan fingerprint density at radius 1 is 1.16 bits per heavy atom. The molecule has 0 saturated heterocycles. The molecule has 0 unspecified atom stereocenters. The van der Waals surface area contributed by atoms with Crippen LogP contribution in [0.25, 0.3) is 6.08 Å². The van der Waals surface area contributed by atoms with Crippen molar-refractivity contribution < 1.29 is 9.59 Å². The fourth-order valence-corrected chi connectivity index (χ4v) is 4.85. The predicted molar refractivity (Wildman–Crippen MR) is 126 cm³/mol. The van der Waals surface area contributed by atoms with Crippen LogP contribution in [0.4, 0.5) is 5.69 Å². The van der Waals surface area contributed by atoms with Crippen molar-refractivity contribution in [2.75, 3.05) is 17.7 Å². The molecule has 2 aromatic rings. The molecule has 160 valence electrons. The monoisotopic (exact) mass is 434 g/mol. The van der Waals surface area contributed by atoms with Crippen molar-refractivity contribution in [3.05, 3.63) is 66.1 Å². The van der Waals surface area contributed by atoms with Crippen LogP contribution < -0.4 is 4.90 Å². The number of rotatable bonds is 5. The average molecular weight is 435 g/mol. The van der Waals surface area contributed by atoms with E-state index in [-0.39, 0.29) is 17.6 Å². The van der Waals surface area contributed by atoms with Gasteiger partial charge in [0.25, 0.3) is 5.91 Å². The molecule has 31 heavy (non-hydrogen) atoms. The molecule has 2 amide bonds. The van der Waals surface area contributed by atoms with Crippen LogP contribution in [-0.4, -0.2) is 45.7 Å². The molecule has 1 aliphatic heterocycles. The van der Waals surface area contributed by atoms with E-state index in [0.717, 1.165) is 24.1 Å². The van der Waals surface area contributed by atoms with E-state index in [9.17, 15) is 9.59 Å². The number of aliphatic imine (C=N–C) groups is 1. The van der Waals surface area contributed by atoms with E-state index in [1.807, 2.05) is 54.4 Å². The van der Waals surface area contributed by atoms with Crippen LogP contribution >= 0.6 is 11.8 Å². The minimum absolute atomic E-state index is 0.0738. The Morgan fingerprint density at radius 2 is 1.94 bits per heavy atom. The number of hydrogen-bond acceptors (Lipinski definition) is 5. The first-order chi connectivity index (χ1) is 15.1. The standard InChI is InChI=1S/C24H26N4O2S/c1-27(19-10-4-2-5-11-19)22(29)17-31-24-26-21(15-18-9-8-14-25-16-18)23(30)28(24)20-12-6-3-7-13-20/h3,6-9,12-16,19H,2,4-5,10-11,17H2,1H3/b21-15+. The Kier molecular flexibility index (Phi) is 6.82. The maximum atomic E-state index is 13.2. The van der Waals surface area contributed by atoms with E-state index in [1.54, 1.807) is 23.4 Å². The second-order valence-electron chi connectivity index (χ2n) is 7.77. The van der Waals surface area contributed by atoms with Crippen LogP contribution in [0.1, 0.15) is 37.7 Å². The Bertz CT molecular complexity index is 985. The number of amidine groups is 1. The summed E-state index contributed by atoms with van der Waals surface area (Å²) in [5.74, 6) is 0.123. The third-order valence-corrected chi connectivity index (χ3v) is 6.60. The molecule has 1 aromatic carbocycles. The number of amides is 2. The number of para-hydroxylation sites is 1. The van der Waals surface area contributed by atoms with Crippen molar-refractivity contribution in [3.63, 3.8) is 0 Å². The summed E-state index contributed by atoms with van der Waals surface area (Å²) in [5, 5.41) is 0.525. The lowest BCUT2D eigenvalue weighted by Crippen LogP contribution is -2.40. The molecular weight excluding hydrogens is 408 g/mol.